The molecule has 2 fully saturated rings. The number of anilines is 1. The Morgan fingerprint density at radius 1 is 1.17 bits per heavy atom. The van der Waals surface area contributed by atoms with Gasteiger partial charge < -0.3 is 10.2 Å². The van der Waals surface area contributed by atoms with Crippen molar-refractivity contribution in [3.8, 4) is 0 Å². The Balaban J connectivity index is 1.36. The van der Waals surface area contributed by atoms with Gasteiger partial charge in [0.15, 0.2) is 0 Å². The second-order valence-corrected chi connectivity index (χ2v) is 7.56. The van der Waals surface area contributed by atoms with Gasteiger partial charge in [0.25, 0.3) is 0 Å². The van der Waals surface area contributed by atoms with E-state index in [4.69, 9.17) is 0 Å². The van der Waals surface area contributed by atoms with Gasteiger partial charge in [-0.15, -0.1) is 0 Å². The van der Waals surface area contributed by atoms with Gasteiger partial charge in [-0.3, -0.25) is 9.69 Å². The molecule has 5 heteroatoms. The van der Waals surface area contributed by atoms with Crippen LogP contribution >= 0.6 is 15.9 Å². The van der Waals surface area contributed by atoms with E-state index in [0.717, 1.165) is 35.7 Å². The molecule has 1 N–H and O–H groups in total. The highest BCUT2D eigenvalue weighted by Crippen LogP contribution is 2.21. The summed E-state index contributed by atoms with van der Waals surface area (Å²) in [6, 6.07) is 8.49. The number of carbonyl (C=O) groups is 1. The molecule has 1 unspecified atom stereocenters. The molecule has 0 spiro atoms. The van der Waals surface area contributed by atoms with Crippen LogP contribution in [0, 0.1) is 0 Å². The Kier molecular flexibility index (Phi) is 6.08. The minimum atomic E-state index is 0.114. The van der Waals surface area contributed by atoms with E-state index in [9.17, 15) is 4.79 Å². The third-order valence-electron chi connectivity index (χ3n) is 4.93. The first-order chi connectivity index (χ1) is 11.2. The summed E-state index contributed by atoms with van der Waals surface area (Å²) < 4.78 is 1.03. The van der Waals surface area contributed by atoms with Crippen LogP contribution in [0.25, 0.3) is 0 Å². The molecule has 0 aliphatic carbocycles. The number of rotatable bonds is 5. The maximum atomic E-state index is 12.0. The lowest BCUT2D eigenvalue weighted by atomic mass is 9.99. The summed E-state index contributed by atoms with van der Waals surface area (Å²) in [5, 5.41) is 2.97. The Hall–Kier alpha value is -0.910. The van der Waals surface area contributed by atoms with Crippen molar-refractivity contribution in [2.24, 2.45) is 0 Å². The molecule has 0 saturated carbocycles. The second-order valence-electron chi connectivity index (χ2n) is 6.64. The lowest BCUT2D eigenvalue weighted by Gasteiger charge is -2.44. The largest absolute Gasteiger partial charge is 0.326 e. The van der Waals surface area contributed by atoms with Crippen LogP contribution in [0.2, 0.25) is 0 Å². The standard InChI is InChI=1S/C18H26BrN3O/c19-15-6-8-16(9-7-15)20-18(23)5-3-10-21-12-13-22-11-2-1-4-17(22)14-21/h6-9,17H,1-5,10-14H2,(H,20,23). The molecular formula is C18H26BrN3O. The minimum absolute atomic E-state index is 0.114. The third-order valence-corrected chi connectivity index (χ3v) is 5.46. The van der Waals surface area contributed by atoms with Crippen LogP contribution in [-0.2, 0) is 4.79 Å². The Labute approximate surface area is 147 Å². The van der Waals surface area contributed by atoms with Gasteiger partial charge in [0.1, 0.15) is 0 Å². The van der Waals surface area contributed by atoms with Gasteiger partial charge in [-0.1, -0.05) is 22.4 Å². The third kappa shape index (κ3) is 5.03. The van der Waals surface area contributed by atoms with Crippen molar-refractivity contribution in [3.05, 3.63) is 28.7 Å². The molecule has 3 rings (SSSR count). The normalized spacial score (nSPS) is 22.6. The van der Waals surface area contributed by atoms with Crippen molar-refractivity contribution in [1.29, 1.82) is 0 Å². The highest BCUT2D eigenvalue weighted by Gasteiger charge is 2.28. The molecule has 2 heterocycles. The number of nitrogens with zero attached hydrogens (tertiary/aromatic N) is 2. The van der Waals surface area contributed by atoms with E-state index < -0.39 is 0 Å². The van der Waals surface area contributed by atoms with Crippen molar-refractivity contribution in [3.63, 3.8) is 0 Å². The molecule has 2 aliphatic rings. The summed E-state index contributed by atoms with van der Waals surface area (Å²) in [7, 11) is 0. The van der Waals surface area contributed by atoms with Gasteiger partial charge in [-0.25, -0.2) is 0 Å². The molecule has 2 aliphatic heterocycles. The fraction of sp³-hybridized carbons (Fsp3) is 0.611. The zero-order valence-corrected chi connectivity index (χ0v) is 15.2. The molecule has 23 heavy (non-hydrogen) atoms. The molecule has 1 atom stereocenters. The van der Waals surface area contributed by atoms with Crippen LogP contribution in [-0.4, -0.2) is 54.5 Å². The number of amides is 1. The van der Waals surface area contributed by atoms with E-state index in [1.54, 1.807) is 0 Å². The van der Waals surface area contributed by atoms with Gasteiger partial charge in [0.2, 0.25) is 5.91 Å². The van der Waals surface area contributed by atoms with Gasteiger partial charge in [0.05, 0.1) is 0 Å². The molecule has 1 aromatic carbocycles. The van der Waals surface area contributed by atoms with Crippen LogP contribution in [0.15, 0.2) is 28.7 Å². The van der Waals surface area contributed by atoms with Gasteiger partial charge in [-0.05, 0) is 56.6 Å². The van der Waals surface area contributed by atoms with Crippen molar-refractivity contribution < 1.29 is 4.79 Å². The zero-order chi connectivity index (χ0) is 16.1. The molecule has 0 radical (unpaired) electrons. The molecular weight excluding hydrogens is 354 g/mol. The van der Waals surface area contributed by atoms with Gasteiger partial charge in [0, 0.05) is 42.3 Å². The van der Waals surface area contributed by atoms with Crippen LogP contribution < -0.4 is 5.32 Å². The maximum Gasteiger partial charge on any atom is 0.224 e. The van der Waals surface area contributed by atoms with Crippen LogP contribution in [0.5, 0.6) is 0 Å². The summed E-state index contributed by atoms with van der Waals surface area (Å²) in [6.07, 6.45) is 5.63. The summed E-state index contributed by atoms with van der Waals surface area (Å²) in [5.74, 6) is 0.114. The van der Waals surface area contributed by atoms with E-state index in [0.29, 0.717) is 6.42 Å². The Morgan fingerprint density at radius 3 is 2.83 bits per heavy atom. The minimum Gasteiger partial charge on any atom is -0.326 e. The first-order valence-corrected chi connectivity index (χ1v) is 9.52. The first kappa shape index (κ1) is 16.9. The van der Waals surface area contributed by atoms with Crippen LogP contribution in [0.4, 0.5) is 5.69 Å². The highest BCUT2D eigenvalue weighted by molar-refractivity contribution is 9.10. The number of piperazine rings is 1. The van der Waals surface area contributed by atoms with E-state index in [1.165, 1.54) is 38.9 Å². The smallest absolute Gasteiger partial charge is 0.224 e. The van der Waals surface area contributed by atoms with Crippen molar-refractivity contribution in [1.82, 2.24) is 9.80 Å². The second kappa shape index (κ2) is 8.27. The number of fused-ring (bicyclic) bond motifs is 1. The Bertz CT molecular complexity index is 520. The summed E-state index contributed by atoms with van der Waals surface area (Å²) in [4.78, 5) is 17.2. The van der Waals surface area contributed by atoms with Crippen LogP contribution in [0.1, 0.15) is 32.1 Å². The Morgan fingerprint density at radius 2 is 2.00 bits per heavy atom. The molecule has 2 saturated heterocycles. The van der Waals surface area contributed by atoms with Gasteiger partial charge >= 0.3 is 0 Å². The van der Waals surface area contributed by atoms with E-state index >= 15 is 0 Å². The number of hydrogen-bond donors (Lipinski definition) is 1. The number of piperidine rings is 1. The lowest BCUT2D eigenvalue weighted by molar-refractivity contribution is -0.116. The first-order valence-electron chi connectivity index (χ1n) is 8.72. The van der Waals surface area contributed by atoms with E-state index in [2.05, 4.69) is 31.0 Å². The van der Waals surface area contributed by atoms with E-state index in [-0.39, 0.29) is 5.91 Å². The van der Waals surface area contributed by atoms with Gasteiger partial charge in [-0.2, -0.15) is 0 Å². The molecule has 1 aromatic rings. The molecule has 0 aromatic heterocycles. The van der Waals surface area contributed by atoms with E-state index in [1.807, 2.05) is 24.3 Å². The summed E-state index contributed by atoms with van der Waals surface area (Å²) >= 11 is 3.40. The number of halogens is 1. The predicted octanol–water partition coefficient (Wildman–Crippen LogP) is 3.34. The monoisotopic (exact) mass is 379 g/mol. The molecule has 1 amide bonds. The van der Waals surface area contributed by atoms with Crippen LogP contribution in [0.3, 0.4) is 0 Å². The average molecular weight is 380 g/mol. The van der Waals surface area contributed by atoms with Crippen molar-refractivity contribution >= 4 is 27.5 Å². The summed E-state index contributed by atoms with van der Waals surface area (Å²) in [5.41, 5.74) is 0.869. The highest BCUT2D eigenvalue weighted by atomic mass is 79.9. The van der Waals surface area contributed by atoms with Crippen molar-refractivity contribution in [2.75, 3.05) is 38.0 Å². The molecule has 0 bridgehead atoms. The zero-order valence-electron chi connectivity index (χ0n) is 13.6. The fourth-order valence-electron chi connectivity index (χ4n) is 3.64. The topological polar surface area (TPSA) is 35.6 Å². The lowest BCUT2D eigenvalue weighted by Crippen LogP contribution is -2.54. The number of carbonyl (C=O) groups excluding carboxylic acids is 1. The quantitative estimate of drug-likeness (QED) is 0.851. The fourth-order valence-corrected chi connectivity index (χ4v) is 3.91. The number of nitrogens with one attached hydrogen (secondary N) is 1. The summed E-state index contributed by atoms with van der Waals surface area (Å²) in [6.45, 7) is 5.88. The maximum absolute atomic E-state index is 12.0. The predicted molar refractivity (Wildman–Crippen MR) is 97.7 cm³/mol. The number of benzene rings is 1. The average Bonchev–Trinajstić information content (AvgIpc) is 2.57. The molecule has 126 valence electrons. The van der Waals surface area contributed by atoms with Crippen molar-refractivity contribution in [2.45, 2.75) is 38.1 Å². The SMILES string of the molecule is O=C(CCCN1CCN2CCCCC2C1)Nc1ccc(Br)cc1. The molecule has 4 nitrogen and oxygen atoms in total. The number of hydrogen-bond acceptors (Lipinski definition) is 3.